The number of ether oxygens (including phenoxy) is 4. The number of esters is 1. The number of hydrogen-bond acceptors (Lipinski definition) is 6. The molecular weight excluding hydrogens is 348 g/mol. The Kier molecular flexibility index (Phi) is 5.13. The highest BCUT2D eigenvalue weighted by Crippen LogP contribution is 2.49. The Morgan fingerprint density at radius 3 is 2.37 bits per heavy atom. The lowest BCUT2D eigenvalue weighted by molar-refractivity contribution is -0.165. The molecule has 1 saturated heterocycles. The van der Waals surface area contributed by atoms with Crippen molar-refractivity contribution < 1.29 is 28.8 Å². The summed E-state index contributed by atoms with van der Waals surface area (Å²) in [6.45, 7) is 1.87. The Morgan fingerprint density at radius 2 is 1.78 bits per heavy atom. The molecule has 6 nitrogen and oxygen atoms in total. The van der Waals surface area contributed by atoms with E-state index in [1.807, 2.05) is 19.1 Å². The molecule has 6 heteroatoms. The predicted octanol–water partition coefficient (Wildman–Crippen LogP) is 2.69. The monoisotopic (exact) mass is 372 g/mol. The summed E-state index contributed by atoms with van der Waals surface area (Å²) in [6, 6.07) is 12.6. The van der Waals surface area contributed by atoms with Gasteiger partial charge in [0.1, 0.15) is 17.1 Å². The van der Waals surface area contributed by atoms with E-state index in [1.165, 1.54) is 14.2 Å². The normalized spacial score (nSPS) is 24.5. The maximum atomic E-state index is 12.8. The van der Waals surface area contributed by atoms with Gasteiger partial charge in [-0.3, -0.25) is 0 Å². The fourth-order valence-corrected chi connectivity index (χ4v) is 3.56. The number of carbonyl (C=O) groups is 1. The van der Waals surface area contributed by atoms with Gasteiger partial charge < -0.3 is 24.1 Å². The molecule has 27 heavy (non-hydrogen) atoms. The van der Waals surface area contributed by atoms with Crippen molar-refractivity contribution in [3.63, 3.8) is 0 Å². The first-order valence-corrected chi connectivity index (χ1v) is 8.63. The van der Waals surface area contributed by atoms with Gasteiger partial charge in [0.15, 0.2) is 5.60 Å². The molecule has 1 fully saturated rings. The topological polar surface area (TPSA) is 74.2 Å². The van der Waals surface area contributed by atoms with Gasteiger partial charge in [-0.25, -0.2) is 4.79 Å². The van der Waals surface area contributed by atoms with Gasteiger partial charge in [-0.2, -0.15) is 0 Å². The fourth-order valence-electron chi connectivity index (χ4n) is 3.56. The van der Waals surface area contributed by atoms with Gasteiger partial charge in [0.2, 0.25) is 0 Å². The molecule has 2 aromatic rings. The standard InChI is InChI=1S/C21H24O6/c1-14-5-10-18(25-3)17(11-14)21(19(22)26-4)12-20(23,13-27-21)15-6-8-16(24-2)9-7-15/h5-11,23H,12-13H2,1-4H3/t20-,21+/m0/s1. The second kappa shape index (κ2) is 7.21. The number of hydrogen-bond donors (Lipinski definition) is 1. The quantitative estimate of drug-likeness (QED) is 0.814. The minimum Gasteiger partial charge on any atom is -0.497 e. The Labute approximate surface area is 158 Å². The van der Waals surface area contributed by atoms with Crippen LogP contribution < -0.4 is 9.47 Å². The van der Waals surface area contributed by atoms with Crippen molar-refractivity contribution in [3.8, 4) is 11.5 Å². The van der Waals surface area contributed by atoms with Gasteiger partial charge in [-0.05, 0) is 36.8 Å². The first-order valence-electron chi connectivity index (χ1n) is 8.63. The summed E-state index contributed by atoms with van der Waals surface area (Å²) in [5.41, 5.74) is -0.685. The van der Waals surface area contributed by atoms with Crippen LogP contribution in [0.1, 0.15) is 23.1 Å². The third kappa shape index (κ3) is 3.26. The van der Waals surface area contributed by atoms with Crippen molar-refractivity contribution in [1.82, 2.24) is 0 Å². The van der Waals surface area contributed by atoms with Gasteiger partial charge in [0.25, 0.3) is 0 Å². The first-order chi connectivity index (χ1) is 12.9. The molecule has 0 bridgehead atoms. The molecule has 0 unspecified atom stereocenters. The van der Waals surface area contributed by atoms with Gasteiger partial charge >= 0.3 is 5.97 Å². The Balaban J connectivity index is 2.07. The van der Waals surface area contributed by atoms with Crippen LogP contribution in [0.25, 0.3) is 0 Å². The van der Waals surface area contributed by atoms with E-state index in [1.54, 1.807) is 37.4 Å². The van der Waals surface area contributed by atoms with E-state index >= 15 is 0 Å². The molecule has 0 spiro atoms. The number of benzene rings is 2. The molecule has 0 radical (unpaired) electrons. The summed E-state index contributed by atoms with van der Waals surface area (Å²) in [4.78, 5) is 12.8. The van der Waals surface area contributed by atoms with Crippen molar-refractivity contribution in [3.05, 3.63) is 59.2 Å². The summed E-state index contributed by atoms with van der Waals surface area (Å²) >= 11 is 0. The van der Waals surface area contributed by atoms with E-state index in [0.717, 1.165) is 5.56 Å². The van der Waals surface area contributed by atoms with Gasteiger partial charge in [0.05, 0.1) is 27.9 Å². The molecule has 0 aliphatic carbocycles. The zero-order valence-corrected chi connectivity index (χ0v) is 15.9. The molecule has 1 aliphatic rings. The zero-order valence-electron chi connectivity index (χ0n) is 15.9. The number of aryl methyl sites for hydroxylation is 1. The average Bonchev–Trinajstić information content (AvgIpc) is 3.07. The molecule has 0 aromatic heterocycles. The number of carbonyl (C=O) groups excluding carboxylic acids is 1. The van der Waals surface area contributed by atoms with Crippen LogP contribution in [0.2, 0.25) is 0 Å². The molecule has 0 amide bonds. The molecule has 1 N–H and O–H groups in total. The van der Waals surface area contributed by atoms with Crippen molar-refractivity contribution in [2.75, 3.05) is 27.9 Å². The van der Waals surface area contributed by atoms with E-state index in [4.69, 9.17) is 18.9 Å². The molecule has 2 aromatic carbocycles. The third-order valence-corrected chi connectivity index (χ3v) is 5.03. The highest BCUT2D eigenvalue weighted by Gasteiger charge is 2.57. The minimum absolute atomic E-state index is 0.0127. The van der Waals surface area contributed by atoms with Crippen LogP contribution in [-0.4, -0.2) is 39.0 Å². The minimum atomic E-state index is -1.46. The van der Waals surface area contributed by atoms with Crippen LogP contribution in [0, 0.1) is 6.92 Å². The molecule has 2 atom stereocenters. The van der Waals surface area contributed by atoms with E-state index in [2.05, 4.69) is 0 Å². The molecule has 144 valence electrons. The lowest BCUT2D eigenvalue weighted by Crippen LogP contribution is -2.38. The van der Waals surface area contributed by atoms with Gasteiger partial charge in [-0.15, -0.1) is 0 Å². The average molecular weight is 372 g/mol. The Bertz CT molecular complexity index is 831. The van der Waals surface area contributed by atoms with E-state index < -0.39 is 17.2 Å². The summed E-state index contributed by atoms with van der Waals surface area (Å²) in [5.74, 6) is 0.613. The Morgan fingerprint density at radius 1 is 1.07 bits per heavy atom. The smallest absolute Gasteiger partial charge is 0.343 e. The number of methoxy groups -OCH3 is 3. The van der Waals surface area contributed by atoms with Crippen molar-refractivity contribution >= 4 is 5.97 Å². The van der Waals surface area contributed by atoms with Crippen molar-refractivity contribution in [2.24, 2.45) is 0 Å². The second-order valence-corrected chi connectivity index (χ2v) is 6.75. The summed E-state index contributed by atoms with van der Waals surface area (Å²) in [5, 5.41) is 11.3. The molecule has 1 aliphatic heterocycles. The molecular formula is C21H24O6. The van der Waals surface area contributed by atoms with E-state index in [0.29, 0.717) is 22.6 Å². The Hall–Kier alpha value is -2.57. The second-order valence-electron chi connectivity index (χ2n) is 6.75. The maximum absolute atomic E-state index is 12.8. The van der Waals surface area contributed by atoms with Crippen LogP contribution >= 0.6 is 0 Å². The predicted molar refractivity (Wildman–Crippen MR) is 98.9 cm³/mol. The summed E-state index contributed by atoms with van der Waals surface area (Å²) < 4.78 is 21.6. The third-order valence-electron chi connectivity index (χ3n) is 5.03. The van der Waals surface area contributed by atoms with E-state index in [-0.39, 0.29) is 13.0 Å². The summed E-state index contributed by atoms with van der Waals surface area (Å²) in [7, 11) is 4.42. The van der Waals surface area contributed by atoms with Crippen LogP contribution in [-0.2, 0) is 25.5 Å². The van der Waals surface area contributed by atoms with E-state index in [9.17, 15) is 9.90 Å². The van der Waals surface area contributed by atoms with Crippen LogP contribution in [0.15, 0.2) is 42.5 Å². The number of aliphatic hydroxyl groups is 1. The molecule has 3 rings (SSSR count). The highest BCUT2D eigenvalue weighted by molar-refractivity contribution is 5.83. The van der Waals surface area contributed by atoms with Gasteiger partial charge in [-0.1, -0.05) is 23.8 Å². The largest absolute Gasteiger partial charge is 0.497 e. The van der Waals surface area contributed by atoms with Crippen molar-refractivity contribution in [2.45, 2.75) is 24.5 Å². The SMILES string of the molecule is COC(=O)[C@]1(c2cc(C)ccc2OC)C[C@@](O)(c2ccc(OC)cc2)CO1. The lowest BCUT2D eigenvalue weighted by atomic mass is 9.81. The van der Waals surface area contributed by atoms with Crippen LogP contribution in [0.5, 0.6) is 11.5 Å². The first kappa shape index (κ1) is 19.2. The summed E-state index contributed by atoms with van der Waals surface area (Å²) in [6.07, 6.45) is 0.0127. The highest BCUT2D eigenvalue weighted by atomic mass is 16.6. The number of rotatable bonds is 5. The fraction of sp³-hybridized carbons (Fsp3) is 0.381. The van der Waals surface area contributed by atoms with Crippen LogP contribution in [0.4, 0.5) is 0 Å². The van der Waals surface area contributed by atoms with Crippen molar-refractivity contribution in [1.29, 1.82) is 0 Å². The van der Waals surface area contributed by atoms with Crippen LogP contribution in [0.3, 0.4) is 0 Å². The van der Waals surface area contributed by atoms with Gasteiger partial charge in [0, 0.05) is 12.0 Å². The lowest BCUT2D eigenvalue weighted by Gasteiger charge is -2.29. The molecule has 1 heterocycles. The maximum Gasteiger partial charge on any atom is 0.343 e. The zero-order chi connectivity index (χ0) is 19.7. The molecule has 0 saturated carbocycles.